The van der Waals surface area contributed by atoms with Crippen LogP contribution in [0.5, 0.6) is 0 Å². The number of aryl methyl sites for hydroxylation is 2. The van der Waals surface area contributed by atoms with Crippen molar-refractivity contribution < 1.29 is 4.79 Å². The fraction of sp³-hybridized carbons (Fsp3) is 0.320. The van der Waals surface area contributed by atoms with Crippen molar-refractivity contribution in [3.8, 4) is 11.1 Å². The number of hydrogen-bond acceptors (Lipinski definition) is 1. The van der Waals surface area contributed by atoms with Crippen molar-refractivity contribution in [1.29, 1.82) is 0 Å². The first-order chi connectivity index (χ1) is 13.5. The van der Waals surface area contributed by atoms with Gasteiger partial charge in [0, 0.05) is 23.3 Å². The van der Waals surface area contributed by atoms with E-state index >= 15 is 0 Å². The van der Waals surface area contributed by atoms with Gasteiger partial charge in [-0.05, 0) is 91.1 Å². The Kier molecular flexibility index (Phi) is 5.08. The van der Waals surface area contributed by atoms with Gasteiger partial charge < -0.3 is 10.3 Å². The molecule has 0 bridgehead atoms. The molecule has 144 valence electrons. The molecule has 3 aromatic rings. The predicted octanol–water partition coefficient (Wildman–Crippen LogP) is 5.91. The third-order valence-corrected chi connectivity index (χ3v) is 5.90. The van der Waals surface area contributed by atoms with Crippen LogP contribution in [0.4, 0.5) is 0 Å². The number of carbonyl (C=O) groups is 1. The van der Waals surface area contributed by atoms with Crippen molar-refractivity contribution in [3.05, 3.63) is 64.9 Å². The SMILES string of the molecule is CC(=Cc1cc(C)c(-c2ccc3[nH]ccc3c2)cc1C)C(=O)NC1CCCC1. The Bertz CT molecular complexity index is 1050. The van der Waals surface area contributed by atoms with Crippen molar-refractivity contribution in [2.45, 2.75) is 52.5 Å². The van der Waals surface area contributed by atoms with Crippen molar-refractivity contribution in [2.24, 2.45) is 0 Å². The lowest BCUT2D eigenvalue weighted by Gasteiger charge is -2.14. The van der Waals surface area contributed by atoms with Crippen LogP contribution >= 0.6 is 0 Å². The topological polar surface area (TPSA) is 44.9 Å². The smallest absolute Gasteiger partial charge is 0.247 e. The monoisotopic (exact) mass is 372 g/mol. The molecule has 0 unspecified atom stereocenters. The number of H-pyrrole nitrogens is 1. The van der Waals surface area contributed by atoms with Gasteiger partial charge >= 0.3 is 0 Å². The molecule has 0 radical (unpaired) electrons. The van der Waals surface area contributed by atoms with E-state index in [9.17, 15) is 4.79 Å². The Labute approximate surface area is 166 Å². The van der Waals surface area contributed by atoms with Gasteiger partial charge in [0.25, 0.3) is 0 Å². The van der Waals surface area contributed by atoms with E-state index < -0.39 is 0 Å². The summed E-state index contributed by atoms with van der Waals surface area (Å²) in [7, 11) is 0. The van der Waals surface area contributed by atoms with Gasteiger partial charge in [-0.2, -0.15) is 0 Å². The summed E-state index contributed by atoms with van der Waals surface area (Å²) in [6.45, 7) is 6.17. The number of benzene rings is 2. The molecule has 1 aromatic heterocycles. The molecule has 1 fully saturated rings. The molecule has 1 aliphatic rings. The summed E-state index contributed by atoms with van der Waals surface area (Å²) in [6.07, 6.45) is 8.66. The molecular weight excluding hydrogens is 344 g/mol. The summed E-state index contributed by atoms with van der Waals surface area (Å²) in [6, 6.07) is 13.4. The second kappa shape index (κ2) is 7.67. The zero-order valence-corrected chi connectivity index (χ0v) is 16.9. The number of carbonyl (C=O) groups excluding carboxylic acids is 1. The molecule has 2 N–H and O–H groups in total. The van der Waals surface area contributed by atoms with Gasteiger partial charge in [-0.15, -0.1) is 0 Å². The summed E-state index contributed by atoms with van der Waals surface area (Å²) < 4.78 is 0. The highest BCUT2D eigenvalue weighted by molar-refractivity contribution is 5.97. The first-order valence-electron chi connectivity index (χ1n) is 10.2. The molecule has 3 nitrogen and oxygen atoms in total. The summed E-state index contributed by atoms with van der Waals surface area (Å²) in [5.74, 6) is 0.0611. The van der Waals surface area contributed by atoms with Crippen LogP contribution in [-0.2, 0) is 4.79 Å². The molecular formula is C25H28N2O. The zero-order valence-electron chi connectivity index (χ0n) is 16.9. The first kappa shape index (κ1) is 18.5. The fourth-order valence-corrected chi connectivity index (χ4v) is 4.19. The molecule has 1 saturated carbocycles. The molecule has 4 rings (SSSR count). The standard InChI is InChI=1S/C25H28N2O/c1-16-14-23(19-8-9-24-20(15-19)10-11-26-24)17(2)12-21(16)13-18(3)25(28)27-22-6-4-5-7-22/h8-15,22,26H,4-7H2,1-3H3,(H,27,28). The number of amides is 1. The molecule has 0 saturated heterocycles. The van der Waals surface area contributed by atoms with E-state index in [1.807, 2.05) is 19.2 Å². The van der Waals surface area contributed by atoms with Gasteiger partial charge in [-0.1, -0.05) is 31.0 Å². The largest absolute Gasteiger partial charge is 0.361 e. The van der Waals surface area contributed by atoms with Crippen LogP contribution in [-0.4, -0.2) is 16.9 Å². The maximum Gasteiger partial charge on any atom is 0.247 e. The maximum absolute atomic E-state index is 12.5. The van der Waals surface area contributed by atoms with Crippen molar-refractivity contribution in [1.82, 2.24) is 10.3 Å². The van der Waals surface area contributed by atoms with Gasteiger partial charge in [0.05, 0.1) is 0 Å². The minimum Gasteiger partial charge on any atom is -0.361 e. The van der Waals surface area contributed by atoms with Crippen molar-refractivity contribution >= 4 is 22.9 Å². The quantitative estimate of drug-likeness (QED) is 0.549. The van der Waals surface area contributed by atoms with Gasteiger partial charge in [0.2, 0.25) is 5.91 Å². The first-order valence-corrected chi connectivity index (χ1v) is 10.2. The molecule has 28 heavy (non-hydrogen) atoms. The van der Waals surface area contributed by atoms with E-state index in [1.54, 1.807) is 0 Å². The fourth-order valence-electron chi connectivity index (χ4n) is 4.19. The van der Waals surface area contributed by atoms with Gasteiger partial charge in [-0.25, -0.2) is 0 Å². The molecule has 1 heterocycles. The number of fused-ring (bicyclic) bond motifs is 1. The van der Waals surface area contributed by atoms with Crippen LogP contribution in [0, 0.1) is 13.8 Å². The van der Waals surface area contributed by atoms with E-state index in [2.05, 4.69) is 60.5 Å². The zero-order chi connectivity index (χ0) is 19.7. The lowest BCUT2D eigenvalue weighted by atomic mass is 9.93. The van der Waals surface area contributed by atoms with Gasteiger partial charge in [0.1, 0.15) is 0 Å². The van der Waals surface area contributed by atoms with Crippen molar-refractivity contribution in [2.75, 3.05) is 0 Å². The van der Waals surface area contributed by atoms with E-state index in [4.69, 9.17) is 0 Å². The van der Waals surface area contributed by atoms with E-state index in [1.165, 1.54) is 40.5 Å². The van der Waals surface area contributed by atoms with Crippen LogP contribution in [0.1, 0.15) is 49.3 Å². The Balaban J connectivity index is 1.60. The van der Waals surface area contributed by atoms with Crippen LogP contribution in [0.2, 0.25) is 0 Å². The Morgan fingerprint density at radius 3 is 2.64 bits per heavy atom. The highest BCUT2D eigenvalue weighted by Crippen LogP contribution is 2.30. The summed E-state index contributed by atoms with van der Waals surface area (Å²) in [5, 5.41) is 4.39. The summed E-state index contributed by atoms with van der Waals surface area (Å²) >= 11 is 0. The molecule has 3 heteroatoms. The number of nitrogens with one attached hydrogen (secondary N) is 2. The van der Waals surface area contributed by atoms with Crippen LogP contribution in [0.3, 0.4) is 0 Å². The second-order valence-corrected chi connectivity index (χ2v) is 8.09. The minimum absolute atomic E-state index is 0.0611. The normalized spacial score (nSPS) is 15.3. The van der Waals surface area contributed by atoms with Crippen LogP contribution in [0.15, 0.2) is 48.2 Å². The lowest BCUT2D eigenvalue weighted by molar-refractivity contribution is -0.118. The Morgan fingerprint density at radius 2 is 1.86 bits per heavy atom. The number of hydrogen-bond donors (Lipinski definition) is 2. The summed E-state index contributed by atoms with van der Waals surface area (Å²) in [5.41, 5.74) is 7.91. The minimum atomic E-state index is 0.0611. The molecule has 1 aliphatic carbocycles. The number of rotatable bonds is 4. The van der Waals surface area contributed by atoms with Crippen LogP contribution in [0.25, 0.3) is 28.1 Å². The predicted molar refractivity (Wildman–Crippen MR) is 117 cm³/mol. The number of aromatic amines is 1. The third kappa shape index (κ3) is 3.75. The third-order valence-electron chi connectivity index (χ3n) is 5.90. The Morgan fingerprint density at radius 1 is 1.07 bits per heavy atom. The lowest BCUT2D eigenvalue weighted by Crippen LogP contribution is -2.33. The molecule has 2 aromatic carbocycles. The van der Waals surface area contributed by atoms with E-state index in [0.717, 1.165) is 29.5 Å². The average Bonchev–Trinajstić information content (AvgIpc) is 3.35. The number of aromatic nitrogens is 1. The Hall–Kier alpha value is -2.81. The second-order valence-electron chi connectivity index (χ2n) is 8.09. The van der Waals surface area contributed by atoms with Gasteiger partial charge in [-0.3, -0.25) is 4.79 Å². The van der Waals surface area contributed by atoms with E-state index in [0.29, 0.717) is 6.04 Å². The van der Waals surface area contributed by atoms with Gasteiger partial charge in [0.15, 0.2) is 0 Å². The summed E-state index contributed by atoms with van der Waals surface area (Å²) in [4.78, 5) is 15.8. The van der Waals surface area contributed by atoms with E-state index in [-0.39, 0.29) is 5.91 Å². The molecule has 1 amide bonds. The highest BCUT2D eigenvalue weighted by Gasteiger charge is 2.18. The highest BCUT2D eigenvalue weighted by atomic mass is 16.1. The molecule has 0 atom stereocenters. The van der Waals surface area contributed by atoms with Crippen LogP contribution < -0.4 is 5.32 Å². The maximum atomic E-state index is 12.5. The molecule has 0 aliphatic heterocycles. The van der Waals surface area contributed by atoms with Crippen molar-refractivity contribution in [3.63, 3.8) is 0 Å². The molecule has 0 spiro atoms. The average molecular weight is 373 g/mol.